The second-order valence-corrected chi connectivity index (χ2v) is 21.1. The topological polar surface area (TPSA) is 3.24 Å². The summed E-state index contributed by atoms with van der Waals surface area (Å²) in [6.07, 6.45) is 20.1. The van der Waals surface area contributed by atoms with Crippen molar-refractivity contribution in [3.63, 3.8) is 0 Å². The largest absolute Gasteiger partial charge is 0.335 e. The Bertz CT molecular complexity index is 2880. The monoisotopic (exact) mass is 817 g/mol. The summed E-state index contributed by atoms with van der Waals surface area (Å²) in [6.45, 7) is 10.0. The molecule has 1 aliphatic heterocycles. The maximum absolute atomic E-state index is 14.3. The number of rotatable bonds is 4. The fourth-order valence-corrected chi connectivity index (χ4v) is 14.2. The Morgan fingerprint density at radius 1 is 0.613 bits per heavy atom. The molecule has 312 valence electrons. The molecular formula is C59H57F2N. The lowest BCUT2D eigenvalue weighted by Crippen LogP contribution is -2.60. The van der Waals surface area contributed by atoms with Crippen molar-refractivity contribution in [3.8, 4) is 11.1 Å². The first-order valence-corrected chi connectivity index (χ1v) is 23.5. The molecule has 62 heavy (non-hydrogen) atoms. The van der Waals surface area contributed by atoms with Gasteiger partial charge in [-0.15, -0.1) is 0 Å². The van der Waals surface area contributed by atoms with Gasteiger partial charge in [-0.1, -0.05) is 131 Å². The highest BCUT2D eigenvalue weighted by Gasteiger charge is 2.56. The molecule has 0 N–H and O–H groups in total. The zero-order valence-electron chi connectivity index (χ0n) is 36.8. The Morgan fingerprint density at radius 3 is 2.13 bits per heavy atom. The van der Waals surface area contributed by atoms with Crippen molar-refractivity contribution >= 4 is 33.8 Å². The van der Waals surface area contributed by atoms with Gasteiger partial charge in [-0.25, -0.2) is 8.78 Å². The van der Waals surface area contributed by atoms with Crippen LogP contribution in [-0.4, -0.2) is 5.54 Å². The van der Waals surface area contributed by atoms with Gasteiger partial charge in [0.25, 0.3) is 0 Å². The minimum atomic E-state index is -0.189. The van der Waals surface area contributed by atoms with Crippen LogP contribution < -0.4 is 4.90 Å². The number of hydrogen-bond acceptors (Lipinski definition) is 1. The highest BCUT2D eigenvalue weighted by Crippen LogP contribution is 2.65. The predicted octanol–water partition coefficient (Wildman–Crippen LogP) is 15.8. The van der Waals surface area contributed by atoms with E-state index in [0.29, 0.717) is 0 Å². The number of hydrogen-bond donors (Lipinski definition) is 0. The number of anilines is 2. The summed E-state index contributed by atoms with van der Waals surface area (Å²) in [5.41, 5.74) is 17.7. The van der Waals surface area contributed by atoms with Crippen LogP contribution in [0.5, 0.6) is 0 Å². The lowest BCUT2D eigenvalue weighted by Gasteiger charge is -2.60. The highest BCUT2D eigenvalue weighted by molar-refractivity contribution is 6.09. The molecule has 6 aromatic rings. The summed E-state index contributed by atoms with van der Waals surface area (Å²) in [5.74, 6) is 0.0518. The molecule has 2 fully saturated rings. The molecule has 6 aliphatic rings. The Kier molecular flexibility index (Phi) is 8.43. The van der Waals surface area contributed by atoms with Gasteiger partial charge in [-0.05, 0) is 183 Å². The number of benzene rings is 6. The van der Waals surface area contributed by atoms with Gasteiger partial charge >= 0.3 is 0 Å². The van der Waals surface area contributed by atoms with Crippen molar-refractivity contribution in [1.82, 2.24) is 0 Å². The summed E-state index contributed by atoms with van der Waals surface area (Å²) in [4.78, 5) is 2.57. The minimum absolute atomic E-state index is 0.0447. The summed E-state index contributed by atoms with van der Waals surface area (Å²) in [7, 11) is 0. The summed E-state index contributed by atoms with van der Waals surface area (Å²) >= 11 is 0. The summed E-state index contributed by atoms with van der Waals surface area (Å²) in [5, 5.41) is 2.75. The second-order valence-electron chi connectivity index (χ2n) is 21.1. The lowest BCUT2D eigenvalue weighted by molar-refractivity contribution is -0.00926. The molecule has 0 saturated heterocycles. The van der Waals surface area contributed by atoms with Gasteiger partial charge in [0.15, 0.2) is 0 Å². The molecule has 0 bridgehead atoms. The number of allylic oxidation sites excluding steroid dienone is 3. The van der Waals surface area contributed by atoms with Gasteiger partial charge in [0, 0.05) is 28.7 Å². The van der Waals surface area contributed by atoms with E-state index < -0.39 is 0 Å². The summed E-state index contributed by atoms with van der Waals surface area (Å²) in [6, 6.07) is 38.7. The lowest BCUT2D eigenvalue weighted by atomic mass is 9.46. The van der Waals surface area contributed by atoms with Gasteiger partial charge < -0.3 is 4.90 Å². The zero-order chi connectivity index (χ0) is 42.2. The maximum atomic E-state index is 14.3. The Labute approximate surface area is 366 Å². The molecule has 0 radical (unpaired) electrons. The van der Waals surface area contributed by atoms with Crippen molar-refractivity contribution in [2.75, 3.05) is 4.90 Å². The van der Waals surface area contributed by atoms with E-state index in [9.17, 15) is 8.78 Å². The van der Waals surface area contributed by atoms with Gasteiger partial charge in [0.2, 0.25) is 0 Å². The van der Waals surface area contributed by atoms with Crippen molar-refractivity contribution in [1.29, 1.82) is 0 Å². The van der Waals surface area contributed by atoms with E-state index in [0.717, 1.165) is 31.4 Å². The maximum Gasteiger partial charge on any atom is 0.123 e. The van der Waals surface area contributed by atoms with Crippen LogP contribution in [0, 0.1) is 27.9 Å². The van der Waals surface area contributed by atoms with Crippen LogP contribution in [0.2, 0.25) is 0 Å². The van der Waals surface area contributed by atoms with Crippen LogP contribution in [0.3, 0.4) is 0 Å². The predicted molar refractivity (Wildman–Crippen MR) is 253 cm³/mol. The van der Waals surface area contributed by atoms with Gasteiger partial charge in [0.1, 0.15) is 11.6 Å². The van der Waals surface area contributed by atoms with E-state index in [1.165, 1.54) is 123 Å². The van der Waals surface area contributed by atoms with Crippen LogP contribution in [0.25, 0.3) is 33.5 Å². The van der Waals surface area contributed by atoms with E-state index in [1.54, 1.807) is 24.3 Å². The van der Waals surface area contributed by atoms with Gasteiger partial charge in [-0.2, -0.15) is 0 Å². The van der Waals surface area contributed by atoms with Gasteiger partial charge in [-0.3, -0.25) is 0 Å². The van der Waals surface area contributed by atoms with Crippen LogP contribution >= 0.6 is 0 Å². The average Bonchev–Trinajstić information content (AvgIpc) is 3.27. The van der Waals surface area contributed by atoms with Gasteiger partial charge in [0.05, 0.1) is 0 Å². The highest BCUT2D eigenvalue weighted by atomic mass is 19.1. The fraction of sp³-hybridized carbons (Fsp3) is 0.356. The number of fused-ring (bicyclic) bond motifs is 4. The van der Waals surface area contributed by atoms with Crippen LogP contribution in [-0.2, 0) is 19.3 Å². The molecule has 6 atom stereocenters. The molecule has 2 saturated carbocycles. The van der Waals surface area contributed by atoms with E-state index in [1.807, 2.05) is 24.3 Å². The molecule has 5 aliphatic carbocycles. The van der Waals surface area contributed by atoms with Crippen molar-refractivity contribution < 1.29 is 8.78 Å². The molecule has 0 spiro atoms. The second kappa shape index (κ2) is 13.6. The Hall–Kier alpha value is -5.28. The van der Waals surface area contributed by atoms with Crippen molar-refractivity contribution in [2.24, 2.45) is 16.2 Å². The standard InChI is InChI=1S/C59H57F2N/c1-56-29-5-7-31-58(56,3)55(39-9-17-44(60)18-10-39)49-25-15-40(33-42(49)35-56)47-23-11-37-14-27-51-48(24-12-38-13-26-50(47)53(37)54(38)51)41-16-28-52-43(34-41)36-57(2)30-6-8-32-59(57,4)62(52)46-21-19-45(61)20-22-46/h9-13,15-28,33-34,48,55H,5-8,14,29-32,35-36H2,1-4H3. The van der Waals surface area contributed by atoms with Crippen molar-refractivity contribution in [3.05, 3.63) is 177 Å². The quantitative estimate of drug-likeness (QED) is 0.171. The molecule has 1 nitrogen and oxygen atoms in total. The van der Waals surface area contributed by atoms with Crippen LogP contribution in [0.1, 0.15) is 135 Å². The summed E-state index contributed by atoms with van der Waals surface area (Å²) < 4.78 is 28.6. The third kappa shape index (κ3) is 5.42. The molecule has 3 heteroatoms. The molecular weight excluding hydrogens is 761 g/mol. The van der Waals surface area contributed by atoms with E-state index in [4.69, 9.17) is 0 Å². The molecule has 0 amide bonds. The first kappa shape index (κ1) is 38.4. The Morgan fingerprint density at radius 2 is 1.32 bits per heavy atom. The van der Waals surface area contributed by atoms with Crippen LogP contribution in [0.4, 0.5) is 20.2 Å². The molecule has 6 aromatic carbocycles. The number of nitrogens with zero attached hydrogens (tertiary/aromatic N) is 1. The SMILES string of the molecule is CC12CCCCC1(C)C(c1ccc(F)cc1)c1ccc(-c3ccc4c5c6c(ccc35)C=CC(c3ccc5c(c3)CC3(C)CCCCC3(C)N5c3ccc(F)cc3)C6=CC4)cc1C2. The number of halogens is 2. The normalized spacial score (nSPS) is 29.3. The fourth-order valence-electron chi connectivity index (χ4n) is 14.2. The van der Waals surface area contributed by atoms with E-state index in [2.05, 4.69) is 111 Å². The average molecular weight is 818 g/mol. The van der Waals surface area contributed by atoms with Crippen molar-refractivity contribution in [2.45, 2.75) is 116 Å². The van der Waals surface area contributed by atoms with Crippen LogP contribution in [0.15, 0.2) is 121 Å². The third-order valence-corrected chi connectivity index (χ3v) is 18.0. The molecule has 0 aromatic heterocycles. The van der Waals surface area contributed by atoms with E-state index >= 15 is 0 Å². The molecule has 1 heterocycles. The molecule has 6 unspecified atom stereocenters. The zero-order valence-corrected chi connectivity index (χ0v) is 36.8. The smallest absolute Gasteiger partial charge is 0.123 e. The molecule has 12 rings (SSSR count). The first-order chi connectivity index (χ1) is 30.0. The first-order valence-electron chi connectivity index (χ1n) is 23.5. The minimum Gasteiger partial charge on any atom is -0.335 e. The Balaban J connectivity index is 0.941. The third-order valence-electron chi connectivity index (χ3n) is 18.0. The van der Waals surface area contributed by atoms with E-state index in [-0.39, 0.29) is 45.3 Å².